The number of benzene rings is 1. The standard InChI is InChI=1S/C14H19N3O3/c1-9(10-5-3-2-4-6-10)11-12(13(15)18)20-8-7-17(11)14(16)19/h2-6,9,11-12H,7-8H2,1H3,(H2,15,18)(H2,16,19)/t9-,11?,12?/m1/s1. The lowest BCUT2D eigenvalue weighted by Crippen LogP contribution is -2.60. The van der Waals surface area contributed by atoms with Crippen LogP contribution in [0.3, 0.4) is 0 Å². The first-order chi connectivity index (χ1) is 9.52. The summed E-state index contributed by atoms with van der Waals surface area (Å²) < 4.78 is 5.45. The van der Waals surface area contributed by atoms with Gasteiger partial charge in [-0.05, 0) is 5.56 Å². The van der Waals surface area contributed by atoms with Crippen molar-refractivity contribution in [3.8, 4) is 0 Å². The lowest BCUT2D eigenvalue weighted by molar-refractivity contribution is -0.140. The molecule has 1 aliphatic heterocycles. The Morgan fingerprint density at radius 1 is 1.30 bits per heavy atom. The molecule has 6 heteroatoms. The van der Waals surface area contributed by atoms with Crippen molar-refractivity contribution >= 4 is 11.9 Å². The van der Waals surface area contributed by atoms with Crippen molar-refractivity contribution in [3.05, 3.63) is 35.9 Å². The zero-order valence-electron chi connectivity index (χ0n) is 11.4. The molecule has 0 saturated carbocycles. The van der Waals surface area contributed by atoms with Gasteiger partial charge in [0.1, 0.15) is 0 Å². The fourth-order valence-corrected chi connectivity index (χ4v) is 2.68. The summed E-state index contributed by atoms with van der Waals surface area (Å²) in [5.74, 6) is -0.690. The SMILES string of the molecule is C[C@H](c1ccccc1)C1C(C(N)=O)OCCN1C(N)=O. The zero-order chi connectivity index (χ0) is 14.7. The summed E-state index contributed by atoms with van der Waals surface area (Å²) >= 11 is 0. The lowest BCUT2D eigenvalue weighted by atomic mass is 9.87. The Labute approximate surface area is 117 Å². The van der Waals surface area contributed by atoms with Gasteiger partial charge in [0.15, 0.2) is 6.10 Å². The van der Waals surface area contributed by atoms with E-state index in [0.29, 0.717) is 6.54 Å². The van der Waals surface area contributed by atoms with E-state index in [2.05, 4.69) is 0 Å². The van der Waals surface area contributed by atoms with E-state index in [1.54, 1.807) is 0 Å². The zero-order valence-corrected chi connectivity index (χ0v) is 11.4. The molecule has 0 aliphatic carbocycles. The molecule has 1 heterocycles. The number of primary amides is 2. The van der Waals surface area contributed by atoms with Crippen LogP contribution in [0.25, 0.3) is 0 Å². The van der Waals surface area contributed by atoms with E-state index in [9.17, 15) is 9.59 Å². The Bertz CT molecular complexity index is 470. The summed E-state index contributed by atoms with van der Waals surface area (Å²) in [7, 11) is 0. The number of hydrogen-bond donors (Lipinski definition) is 2. The summed E-state index contributed by atoms with van der Waals surface area (Å²) in [4.78, 5) is 24.7. The first-order valence-corrected chi connectivity index (χ1v) is 6.54. The maximum Gasteiger partial charge on any atom is 0.315 e. The number of urea groups is 1. The van der Waals surface area contributed by atoms with E-state index in [1.807, 2.05) is 37.3 Å². The third-order valence-corrected chi connectivity index (χ3v) is 3.70. The number of carbonyl (C=O) groups is 2. The van der Waals surface area contributed by atoms with Gasteiger partial charge in [-0.2, -0.15) is 0 Å². The minimum Gasteiger partial charge on any atom is -0.367 e. The highest BCUT2D eigenvalue weighted by Gasteiger charge is 2.41. The molecule has 3 atom stereocenters. The highest BCUT2D eigenvalue weighted by molar-refractivity contribution is 5.82. The largest absolute Gasteiger partial charge is 0.367 e. The monoisotopic (exact) mass is 277 g/mol. The minimum absolute atomic E-state index is 0.110. The first-order valence-electron chi connectivity index (χ1n) is 6.54. The predicted molar refractivity (Wildman–Crippen MR) is 73.9 cm³/mol. The van der Waals surface area contributed by atoms with Crippen molar-refractivity contribution in [3.63, 3.8) is 0 Å². The van der Waals surface area contributed by atoms with Crippen molar-refractivity contribution in [2.24, 2.45) is 11.5 Å². The van der Waals surface area contributed by atoms with Gasteiger partial charge in [0, 0.05) is 12.5 Å². The van der Waals surface area contributed by atoms with Gasteiger partial charge in [-0.3, -0.25) is 4.79 Å². The van der Waals surface area contributed by atoms with Gasteiger partial charge in [-0.25, -0.2) is 4.79 Å². The predicted octanol–water partition coefficient (Wildman–Crippen LogP) is 0.423. The van der Waals surface area contributed by atoms with Crippen LogP contribution in [0.2, 0.25) is 0 Å². The third-order valence-electron chi connectivity index (χ3n) is 3.70. The van der Waals surface area contributed by atoms with Gasteiger partial charge in [0.2, 0.25) is 5.91 Å². The number of ether oxygens (including phenoxy) is 1. The second-order valence-corrected chi connectivity index (χ2v) is 4.92. The summed E-state index contributed by atoms with van der Waals surface area (Å²) in [6.45, 7) is 2.55. The lowest BCUT2D eigenvalue weighted by Gasteiger charge is -2.42. The van der Waals surface area contributed by atoms with E-state index < -0.39 is 24.1 Å². The summed E-state index contributed by atoms with van der Waals surface area (Å²) in [5, 5.41) is 0. The van der Waals surface area contributed by atoms with Crippen LogP contribution in [0.1, 0.15) is 18.4 Å². The van der Waals surface area contributed by atoms with Crippen LogP contribution in [-0.2, 0) is 9.53 Å². The molecule has 6 nitrogen and oxygen atoms in total. The Balaban J connectivity index is 2.34. The van der Waals surface area contributed by atoms with Gasteiger partial charge in [-0.1, -0.05) is 37.3 Å². The average molecular weight is 277 g/mol. The van der Waals surface area contributed by atoms with Crippen molar-refractivity contribution < 1.29 is 14.3 Å². The molecule has 3 amide bonds. The minimum atomic E-state index is -0.841. The van der Waals surface area contributed by atoms with Crippen LogP contribution >= 0.6 is 0 Å². The van der Waals surface area contributed by atoms with Crippen LogP contribution in [0, 0.1) is 0 Å². The summed E-state index contributed by atoms with van der Waals surface area (Å²) in [6.07, 6.45) is -0.841. The number of rotatable bonds is 3. The van der Waals surface area contributed by atoms with E-state index in [-0.39, 0.29) is 12.5 Å². The quantitative estimate of drug-likeness (QED) is 0.837. The Kier molecular flexibility index (Phi) is 4.24. The molecule has 1 aliphatic rings. The van der Waals surface area contributed by atoms with Gasteiger partial charge in [0.25, 0.3) is 0 Å². The molecule has 2 unspecified atom stereocenters. The second-order valence-electron chi connectivity index (χ2n) is 4.92. The molecule has 1 aromatic rings. The van der Waals surface area contributed by atoms with E-state index >= 15 is 0 Å². The molecule has 0 radical (unpaired) electrons. The molecule has 0 bridgehead atoms. The van der Waals surface area contributed by atoms with Crippen LogP contribution in [0.4, 0.5) is 4.79 Å². The fourth-order valence-electron chi connectivity index (χ4n) is 2.68. The molecule has 20 heavy (non-hydrogen) atoms. The number of amides is 3. The molecule has 2 rings (SSSR count). The first kappa shape index (κ1) is 14.3. The number of nitrogens with two attached hydrogens (primary N) is 2. The molecule has 1 fully saturated rings. The van der Waals surface area contributed by atoms with Gasteiger partial charge in [0.05, 0.1) is 12.6 Å². The third kappa shape index (κ3) is 2.75. The van der Waals surface area contributed by atoms with E-state index in [1.165, 1.54) is 4.90 Å². The van der Waals surface area contributed by atoms with E-state index in [4.69, 9.17) is 16.2 Å². The van der Waals surface area contributed by atoms with Crippen LogP contribution in [0.5, 0.6) is 0 Å². The number of nitrogens with zero attached hydrogens (tertiary/aromatic N) is 1. The molecule has 4 N–H and O–H groups in total. The summed E-state index contributed by atoms with van der Waals surface area (Å²) in [5.41, 5.74) is 11.8. The number of morpholine rings is 1. The molecule has 0 aromatic heterocycles. The van der Waals surface area contributed by atoms with Gasteiger partial charge in [-0.15, -0.1) is 0 Å². The highest BCUT2D eigenvalue weighted by atomic mass is 16.5. The van der Waals surface area contributed by atoms with E-state index in [0.717, 1.165) is 5.56 Å². The molecular weight excluding hydrogens is 258 g/mol. The Morgan fingerprint density at radius 2 is 1.95 bits per heavy atom. The van der Waals surface area contributed by atoms with Crippen molar-refractivity contribution in [2.45, 2.75) is 25.0 Å². The van der Waals surface area contributed by atoms with Crippen molar-refractivity contribution in [1.82, 2.24) is 4.90 Å². The van der Waals surface area contributed by atoms with Crippen LogP contribution in [0.15, 0.2) is 30.3 Å². The van der Waals surface area contributed by atoms with Gasteiger partial charge < -0.3 is 21.1 Å². The van der Waals surface area contributed by atoms with Gasteiger partial charge >= 0.3 is 6.03 Å². The van der Waals surface area contributed by atoms with Crippen molar-refractivity contribution in [1.29, 1.82) is 0 Å². The molecule has 0 spiro atoms. The highest BCUT2D eigenvalue weighted by Crippen LogP contribution is 2.29. The normalized spacial score (nSPS) is 24.1. The molecule has 1 aromatic carbocycles. The second kappa shape index (κ2) is 5.92. The molecule has 1 saturated heterocycles. The Morgan fingerprint density at radius 3 is 2.50 bits per heavy atom. The average Bonchev–Trinajstić information content (AvgIpc) is 2.46. The Hall–Kier alpha value is -2.08. The summed E-state index contributed by atoms with van der Waals surface area (Å²) in [6, 6.07) is 8.55. The van der Waals surface area contributed by atoms with Crippen LogP contribution in [-0.4, -0.2) is 42.1 Å². The van der Waals surface area contributed by atoms with Crippen LogP contribution < -0.4 is 11.5 Å². The topological polar surface area (TPSA) is 98.7 Å². The maximum absolute atomic E-state index is 11.6. The molecular formula is C14H19N3O3. The smallest absolute Gasteiger partial charge is 0.315 e. The maximum atomic E-state index is 11.6. The number of hydrogen-bond acceptors (Lipinski definition) is 3. The fraction of sp³-hybridized carbons (Fsp3) is 0.429. The number of carbonyl (C=O) groups excluding carboxylic acids is 2. The van der Waals surface area contributed by atoms with Crippen molar-refractivity contribution in [2.75, 3.05) is 13.2 Å². The molecule has 108 valence electrons.